The number of benzene rings is 10. The fourth-order valence-electron chi connectivity index (χ4n) is 10.6. The molecule has 1 spiro atoms. The van der Waals surface area contributed by atoms with Gasteiger partial charge < -0.3 is 10.3 Å². The van der Waals surface area contributed by atoms with Crippen molar-refractivity contribution in [2.75, 3.05) is 0 Å². The summed E-state index contributed by atoms with van der Waals surface area (Å²) in [6.07, 6.45) is 0. The maximum atomic E-state index is 7.01. The zero-order valence-electron chi connectivity index (χ0n) is 35.3. The van der Waals surface area contributed by atoms with Crippen LogP contribution in [0.4, 0.5) is 0 Å². The number of amidine groups is 1. The standard InChI is InChI=1S/C46H29N.C7H8N2.C7H8/c1-28-30-13-2-3-14-31(30)32-15-4-5-18-36(32)44(28)29-25-26-34-33-16-6-8-20-38(33)46(41(34)27-29)39-21-9-11-24-43(39)47-42-23-10-7-17-35(42)37-19-12-22-40(46)45(37)47;8-7(9)6-4-2-1-3-5-6;1-7-5-3-2-4-6-7/h2-27H,1H3;1-5H,(H3,8,9);2-6H,1H3. The van der Waals surface area contributed by atoms with E-state index in [0.29, 0.717) is 0 Å². The molecule has 1 aliphatic heterocycles. The maximum absolute atomic E-state index is 7.01. The molecule has 0 amide bonds. The summed E-state index contributed by atoms with van der Waals surface area (Å²) >= 11 is 0. The van der Waals surface area contributed by atoms with Crippen LogP contribution in [-0.2, 0) is 5.41 Å². The van der Waals surface area contributed by atoms with E-state index in [4.69, 9.17) is 11.1 Å². The lowest BCUT2D eigenvalue weighted by Crippen LogP contribution is -2.33. The smallest absolute Gasteiger partial charge is 0.122 e. The van der Waals surface area contributed by atoms with Gasteiger partial charge in [0.05, 0.1) is 22.1 Å². The molecule has 0 bridgehead atoms. The third kappa shape index (κ3) is 5.85. The molecule has 1 aliphatic carbocycles. The van der Waals surface area contributed by atoms with Crippen LogP contribution in [0, 0.1) is 19.3 Å². The normalized spacial score (nSPS) is 14.1. The van der Waals surface area contributed by atoms with Crippen molar-refractivity contribution in [3.8, 4) is 27.9 Å². The first kappa shape index (κ1) is 38.0. The Morgan fingerprint density at radius 1 is 0.444 bits per heavy atom. The van der Waals surface area contributed by atoms with E-state index in [2.05, 4.69) is 188 Å². The van der Waals surface area contributed by atoms with Gasteiger partial charge in [0.2, 0.25) is 0 Å². The monoisotopic (exact) mass is 807 g/mol. The van der Waals surface area contributed by atoms with Crippen LogP contribution in [0.1, 0.15) is 38.9 Å². The predicted octanol–water partition coefficient (Wildman–Crippen LogP) is 14.7. The number of para-hydroxylation sites is 3. The molecule has 2 heterocycles. The summed E-state index contributed by atoms with van der Waals surface area (Å²) in [5.41, 5.74) is 22.7. The van der Waals surface area contributed by atoms with Gasteiger partial charge in [-0.25, -0.2) is 0 Å². The number of aryl methyl sites for hydroxylation is 2. The second kappa shape index (κ2) is 15.2. The molecule has 1 aromatic heterocycles. The first-order valence-electron chi connectivity index (χ1n) is 21.6. The molecule has 2 aliphatic rings. The van der Waals surface area contributed by atoms with Crippen molar-refractivity contribution >= 4 is 49.2 Å². The van der Waals surface area contributed by atoms with Crippen molar-refractivity contribution in [1.29, 1.82) is 5.41 Å². The van der Waals surface area contributed by atoms with Crippen molar-refractivity contribution in [1.82, 2.24) is 4.57 Å². The molecule has 11 aromatic rings. The molecule has 300 valence electrons. The van der Waals surface area contributed by atoms with Crippen LogP contribution < -0.4 is 5.73 Å². The van der Waals surface area contributed by atoms with Crippen molar-refractivity contribution < 1.29 is 0 Å². The summed E-state index contributed by atoms with van der Waals surface area (Å²) in [5, 5.41) is 14.9. The highest BCUT2D eigenvalue weighted by molar-refractivity contribution is 6.16. The number of nitrogens with two attached hydrogens (primary N) is 1. The minimum Gasteiger partial charge on any atom is -0.384 e. The van der Waals surface area contributed by atoms with Crippen LogP contribution in [-0.4, -0.2) is 10.4 Å². The number of hydrogen-bond acceptors (Lipinski definition) is 1. The van der Waals surface area contributed by atoms with Gasteiger partial charge in [0.1, 0.15) is 5.84 Å². The second-order valence-corrected chi connectivity index (χ2v) is 16.7. The third-order valence-electron chi connectivity index (χ3n) is 13.2. The van der Waals surface area contributed by atoms with Gasteiger partial charge in [0, 0.05) is 16.3 Å². The van der Waals surface area contributed by atoms with Gasteiger partial charge in [-0.15, -0.1) is 0 Å². The quantitative estimate of drug-likeness (QED) is 0.102. The molecule has 0 saturated carbocycles. The molecule has 10 aromatic carbocycles. The third-order valence-corrected chi connectivity index (χ3v) is 13.2. The molecular weight excluding hydrogens is 763 g/mol. The van der Waals surface area contributed by atoms with Crippen molar-refractivity contribution in [2.24, 2.45) is 5.73 Å². The Hall–Kier alpha value is -8.01. The number of fused-ring (bicyclic) bond motifs is 15. The summed E-state index contributed by atoms with van der Waals surface area (Å²) in [5.74, 6) is 0.121. The lowest BCUT2D eigenvalue weighted by Gasteiger charge is -2.39. The summed E-state index contributed by atoms with van der Waals surface area (Å²) in [7, 11) is 0. The van der Waals surface area contributed by atoms with Gasteiger partial charge in [0.25, 0.3) is 0 Å². The van der Waals surface area contributed by atoms with E-state index < -0.39 is 5.41 Å². The lowest BCUT2D eigenvalue weighted by molar-refractivity contribution is 0.749. The largest absolute Gasteiger partial charge is 0.384 e. The SMILES string of the molecule is Cc1c(-c2ccc3c(c2)C2(c4ccccc4-3)c3ccccc3-n3c4ccccc4c4cccc2c43)c2ccccc2c2ccccc12.Cc1ccccc1.N=C(N)c1ccccc1. The molecular formula is C60H45N3. The molecule has 63 heavy (non-hydrogen) atoms. The molecule has 3 N–H and O–H groups in total. The number of nitrogens with zero attached hydrogens (tertiary/aromatic N) is 1. The van der Waals surface area contributed by atoms with Gasteiger partial charge in [-0.1, -0.05) is 206 Å². The van der Waals surface area contributed by atoms with E-state index >= 15 is 0 Å². The lowest BCUT2D eigenvalue weighted by atomic mass is 9.65. The van der Waals surface area contributed by atoms with E-state index in [-0.39, 0.29) is 5.84 Å². The first-order chi connectivity index (χ1) is 31.0. The summed E-state index contributed by atoms with van der Waals surface area (Å²) in [4.78, 5) is 0. The van der Waals surface area contributed by atoms with Crippen molar-refractivity contribution in [3.63, 3.8) is 0 Å². The number of rotatable bonds is 2. The van der Waals surface area contributed by atoms with Gasteiger partial charge in [-0.2, -0.15) is 0 Å². The predicted molar refractivity (Wildman–Crippen MR) is 265 cm³/mol. The highest BCUT2D eigenvalue weighted by atomic mass is 15.0. The Morgan fingerprint density at radius 2 is 0.984 bits per heavy atom. The maximum Gasteiger partial charge on any atom is 0.122 e. The minimum absolute atomic E-state index is 0.121. The van der Waals surface area contributed by atoms with E-state index in [1.807, 2.05) is 48.5 Å². The zero-order valence-corrected chi connectivity index (χ0v) is 35.3. The Morgan fingerprint density at radius 3 is 1.68 bits per heavy atom. The van der Waals surface area contributed by atoms with Gasteiger partial charge in [0.15, 0.2) is 0 Å². The Labute approximate surface area is 367 Å². The molecule has 0 radical (unpaired) electrons. The topological polar surface area (TPSA) is 54.8 Å². The average molecular weight is 808 g/mol. The average Bonchev–Trinajstić information content (AvgIpc) is 3.83. The Bertz CT molecular complexity index is 3560. The molecule has 13 rings (SSSR count). The fraction of sp³-hybridized carbons (Fsp3) is 0.0500. The highest BCUT2D eigenvalue weighted by Gasteiger charge is 2.50. The van der Waals surface area contributed by atoms with Crippen LogP contribution in [0.3, 0.4) is 0 Å². The van der Waals surface area contributed by atoms with E-state index in [0.717, 1.165) is 5.56 Å². The first-order valence-corrected chi connectivity index (χ1v) is 21.6. The van der Waals surface area contributed by atoms with E-state index in [1.54, 1.807) is 0 Å². The molecule has 0 fully saturated rings. The molecule has 1 atom stereocenters. The Kier molecular flexibility index (Phi) is 9.13. The van der Waals surface area contributed by atoms with E-state index in [9.17, 15) is 0 Å². The minimum atomic E-state index is -0.455. The molecule has 1 unspecified atom stereocenters. The zero-order chi connectivity index (χ0) is 42.7. The van der Waals surface area contributed by atoms with E-state index in [1.165, 1.54) is 105 Å². The summed E-state index contributed by atoms with van der Waals surface area (Å²) in [6.45, 7) is 4.39. The van der Waals surface area contributed by atoms with Crippen LogP contribution >= 0.6 is 0 Å². The molecule has 0 saturated heterocycles. The van der Waals surface area contributed by atoms with Gasteiger partial charge in [-0.3, -0.25) is 5.41 Å². The summed E-state index contributed by atoms with van der Waals surface area (Å²) < 4.78 is 2.52. The highest BCUT2D eigenvalue weighted by Crippen LogP contribution is 2.61. The molecule has 3 nitrogen and oxygen atoms in total. The Balaban J connectivity index is 0.000000234. The van der Waals surface area contributed by atoms with Crippen molar-refractivity contribution in [2.45, 2.75) is 19.3 Å². The number of hydrogen-bond donors (Lipinski definition) is 2. The van der Waals surface area contributed by atoms with Gasteiger partial charge >= 0.3 is 0 Å². The molecule has 3 heteroatoms. The fourth-order valence-corrected chi connectivity index (χ4v) is 10.6. The van der Waals surface area contributed by atoms with Crippen LogP contribution in [0.5, 0.6) is 0 Å². The number of nitrogens with one attached hydrogen (secondary N) is 1. The van der Waals surface area contributed by atoms with Gasteiger partial charge in [-0.05, 0) is 104 Å². The second-order valence-electron chi connectivity index (χ2n) is 16.7. The summed E-state index contributed by atoms with van der Waals surface area (Å²) in [6, 6.07) is 78.7. The van der Waals surface area contributed by atoms with Crippen molar-refractivity contribution in [3.05, 3.63) is 257 Å². The van der Waals surface area contributed by atoms with Crippen LogP contribution in [0.2, 0.25) is 0 Å². The van der Waals surface area contributed by atoms with Crippen LogP contribution in [0.15, 0.2) is 218 Å². The number of nitrogen functional groups attached to an aromatic ring is 1. The van der Waals surface area contributed by atoms with Crippen LogP contribution in [0.25, 0.3) is 71.3 Å². The number of aromatic nitrogens is 1.